The number of ether oxygens (including phenoxy) is 1. The molecule has 24 heavy (non-hydrogen) atoms. The van der Waals surface area contributed by atoms with Crippen LogP contribution in [0.15, 0.2) is 30.3 Å². The van der Waals surface area contributed by atoms with E-state index in [1.54, 1.807) is 0 Å². The van der Waals surface area contributed by atoms with Crippen LogP contribution in [-0.2, 0) is 11.3 Å². The average Bonchev–Trinajstić information content (AvgIpc) is 3.14. The van der Waals surface area contributed by atoms with Gasteiger partial charge in [0, 0.05) is 19.6 Å². The van der Waals surface area contributed by atoms with Crippen LogP contribution in [0.2, 0.25) is 5.15 Å². The topological polar surface area (TPSA) is 67.3 Å². The number of nitrogens with zero attached hydrogens (tertiary/aromatic N) is 3. The first-order valence-electron chi connectivity index (χ1n) is 7.87. The number of esters is 1. The van der Waals surface area contributed by atoms with Crippen LogP contribution in [-0.4, -0.2) is 36.1 Å². The van der Waals surface area contributed by atoms with Gasteiger partial charge in [-0.05, 0) is 18.4 Å². The van der Waals surface area contributed by atoms with Gasteiger partial charge in [-0.25, -0.2) is 4.79 Å². The Kier molecular flexibility index (Phi) is 5.15. The summed E-state index contributed by atoms with van der Waals surface area (Å²) in [6, 6.07) is 9.86. The third-order valence-electron chi connectivity index (χ3n) is 3.93. The maximum absolute atomic E-state index is 12.1. The predicted molar refractivity (Wildman–Crippen MR) is 93.6 cm³/mol. The molecular weight excluding hydrogens is 328 g/mol. The second kappa shape index (κ2) is 7.49. The van der Waals surface area contributed by atoms with Crippen molar-refractivity contribution in [1.82, 2.24) is 9.97 Å². The molecule has 1 aromatic heterocycles. The summed E-state index contributed by atoms with van der Waals surface area (Å²) in [5.74, 6) is 0.386. The first-order valence-corrected chi connectivity index (χ1v) is 8.25. The fraction of sp³-hybridized carbons (Fsp3) is 0.353. The van der Waals surface area contributed by atoms with Crippen molar-refractivity contribution in [2.45, 2.75) is 19.4 Å². The lowest BCUT2D eigenvalue weighted by Gasteiger charge is -2.18. The minimum absolute atomic E-state index is 0.106. The van der Waals surface area contributed by atoms with E-state index in [0.29, 0.717) is 18.3 Å². The Morgan fingerprint density at radius 1 is 1.25 bits per heavy atom. The summed E-state index contributed by atoms with van der Waals surface area (Å²) in [5.41, 5.74) is 1.24. The van der Waals surface area contributed by atoms with Gasteiger partial charge in [-0.3, -0.25) is 0 Å². The summed E-state index contributed by atoms with van der Waals surface area (Å²) in [5, 5.41) is 3.29. The van der Waals surface area contributed by atoms with E-state index in [-0.39, 0.29) is 10.7 Å². The lowest BCUT2D eigenvalue weighted by atomic mass is 10.2. The molecule has 2 heterocycles. The average molecular weight is 347 g/mol. The van der Waals surface area contributed by atoms with Crippen LogP contribution in [0.25, 0.3) is 0 Å². The van der Waals surface area contributed by atoms with Crippen LogP contribution in [0.3, 0.4) is 0 Å². The minimum Gasteiger partial charge on any atom is -0.465 e. The minimum atomic E-state index is -0.552. The maximum atomic E-state index is 12.1. The fourth-order valence-electron chi connectivity index (χ4n) is 2.67. The van der Waals surface area contributed by atoms with Crippen molar-refractivity contribution in [3.05, 3.63) is 46.6 Å². The molecule has 0 aliphatic carbocycles. The molecule has 3 rings (SSSR count). The second-order valence-corrected chi connectivity index (χ2v) is 5.92. The highest BCUT2D eigenvalue weighted by Crippen LogP contribution is 2.27. The molecule has 0 spiro atoms. The van der Waals surface area contributed by atoms with Crippen molar-refractivity contribution in [3.8, 4) is 0 Å². The monoisotopic (exact) mass is 346 g/mol. The first kappa shape index (κ1) is 16.5. The molecule has 1 saturated heterocycles. The van der Waals surface area contributed by atoms with Crippen molar-refractivity contribution in [3.63, 3.8) is 0 Å². The lowest BCUT2D eigenvalue weighted by molar-refractivity contribution is 0.0601. The van der Waals surface area contributed by atoms with E-state index >= 15 is 0 Å². The molecule has 6 nitrogen and oxygen atoms in total. The van der Waals surface area contributed by atoms with Gasteiger partial charge >= 0.3 is 5.97 Å². The zero-order valence-corrected chi connectivity index (χ0v) is 14.2. The highest BCUT2D eigenvalue weighted by molar-refractivity contribution is 6.33. The van der Waals surface area contributed by atoms with Gasteiger partial charge in [-0.15, -0.1) is 0 Å². The Morgan fingerprint density at radius 3 is 2.62 bits per heavy atom. The number of aromatic nitrogens is 2. The Morgan fingerprint density at radius 2 is 1.96 bits per heavy atom. The zero-order valence-electron chi connectivity index (χ0n) is 13.5. The lowest BCUT2D eigenvalue weighted by Crippen LogP contribution is -2.22. The number of carbonyl (C=O) groups is 1. The summed E-state index contributed by atoms with van der Waals surface area (Å²) in [4.78, 5) is 22.9. The van der Waals surface area contributed by atoms with Gasteiger partial charge in [0.2, 0.25) is 5.95 Å². The molecule has 1 fully saturated rings. The predicted octanol–water partition coefficient (Wildman–Crippen LogP) is 3.13. The summed E-state index contributed by atoms with van der Waals surface area (Å²) >= 11 is 6.25. The van der Waals surface area contributed by atoms with Crippen LogP contribution < -0.4 is 10.2 Å². The van der Waals surface area contributed by atoms with Crippen LogP contribution in [0.5, 0.6) is 0 Å². The number of carbonyl (C=O) groups excluding carboxylic acids is 1. The molecule has 7 heteroatoms. The molecule has 0 amide bonds. The molecule has 2 aromatic rings. The zero-order chi connectivity index (χ0) is 16.9. The third-order valence-corrected chi connectivity index (χ3v) is 4.21. The molecular formula is C17H19ClN4O2. The van der Waals surface area contributed by atoms with Crippen molar-refractivity contribution in [1.29, 1.82) is 0 Å². The van der Waals surface area contributed by atoms with Crippen LogP contribution >= 0.6 is 11.6 Å². The molecule has 1 N–H and O–H groups in total. The highest BCUT2D eigenvalue weighted by Gasteiger charge is 2.24. The van der Waals surface area contributed by atoms with E-state index in [9.17, 15) is 4.79 Å². The van der Waals surface area contributed by atoms with Crippen molar-refractivity contribution in [2.75, 3.05) is 30.4 Å². The molecule has 0 saturated carbocycles. The smallest absolute Gasteiger partial charge is 0.344 e. The normalized spacial score (nSPS) is 13.8. The maximum Gasteiger partial charge on any atom is 0.344 e. The number of hydrogen-bond acceptors (Lipinski definition) is 6. The van der Waals surface area contributed by atoms with Crippen molar-refractivity contribution in [2.24, 2.45) is 0 Å². The number of anilines is 2. The summed E-state index contributed by atoms with van der Waals surface area (Å²) in [6.45, 7) is 2.32. The Balaban J connectivity index is 1.91. The number of rotatable bonds is 5. The van der Waals surface area contributed by atoms with E-state index in [1.807, 2.05) is 30.3 Å². The second-order valence-electron chi connectivity index (χ2n) is 5.56. The highest BCUT2D eigenvalue weighted by atomic mass is 35.5. The molecule has 1 aliphatic heterocycles. The van der Waals surface area contributed by atoms with E-state index in [1.165, 1.54) is 7.11 Å². The van der Waals surface area contributed by atoms with Crippen LogP contribution in [0.4, 0.5) is 11.8 Å². The molecule has 1 aliphatic rings. The number of hydrogen-bond donors (Lipinski definition) is 1. The quantitative estimate of drug-likeness (QED) is 0.662. The van der Waals surface area contributed by atoms with E-state index in [0.717, 1.165) is 31.5 Å². The van der Waals surface area contributed by atoms with Crippen molar-refractivity contribution >= 4 is 29.3 Å². The van der Waals surface area contributed by atoms with Gasteiger partial charge in [0.05, 0.1) is 7.11 Å². The van der Waals surface area contributed by atoms with Gasteiger partial charge in [0.25, 0.3) is 0 Å². The molecule has 126 valence electrons. The van der Waals surface area contributed by atoms with E-state index in [4.69, 9.17) is 16.3 Å². The summed E-state index contributed by atoms with van der Waals surface area (Å²) in [6.07, 6.45) is 2.21. The number of methoxy groups -OCH3 is 1. The molecule has 0 bridgehead atoms. The molecule has 0 radical (unpaired) electrons. The van der Waals surface area contributed by atoms with Gasteiger partial charge in [-0.1, -0.05) is 41.9 Å². The summed E-state index contributed by atoms with van der Waals surface area (Å²) in [7, 11) is 1.31. The van der Waals surface area contributed by atoms with Gasteiger partial charge in [0.1, 0.15) is 11.4 Å². The summed E-state index contributed by atoms with van der Waals surface area (Å²) < 4.78 is 4.82. The molecule has 0 atom stereocenters. The Hall–Kier alpha value is -2.34. The Labute approximate surface area is 145 Å². The van der Waals surface area contributed by atoms with Gasteiger partial charge in [-0.2, -0.15) is 9.97 Å². The van der Waals surface area contributed by atoms with Crippen LogP contribution in [0.1, 0.15) is 28.8 Å². The number of benzene rings is 1. The Bertz CT molecular complexity index is 718. The van der Waals surface area contributed by atoms with Gasteiger partial charge in [0.15, 0.2) is 5.15 Å². The number of nitrogens with one attached hydrogen (secondary N) is 1. The number of halogens is 1. The third kappa shape index (κ3) is 3.59. The first-order chi connectivity index (χ1) is 11.7. The van der Waals surface area contributed by atoms with Crippen LogP contribution in [0, 0.1) is 0 Å². The van der Waals surface area contributed by atoms with E-state index in [2.05, 4.69) is 20.2 Å². The van der Waals surface area contributed by atoms with Crippen molar-refractivity contribution < 1.29 is 9.53 Å². The fourth-order valence-corrected chi connectivity index (χ4v) is 2.92. The molecule has 1 aromatic carbocycles. The molecule has 0 unspecified atom stereocenters. The SMILES string of the molecule is COC(=O)c1c(Cl)nc(N2CCCC2)nc1NCc1ccccc1. The van der Waals surface area contributed by atoms with E-state index < -0.39 is 5.97 Å². The largest absolute Gasteiger partial charge is 0.465 e. The standard InChI is InChI=1S/C17H19ClN4O2/c1-24-16(23)13-14(18)20-17(22-9-5-6-10-22)21-15(13)19-11-12-7-3-2-4-8-12/h2-4,7-8H,5-6,9-11H2,1H3,(H,19,20,21). The van der Waals surface area contributed by atoms with Gasteiger partial charge < -0.3 is 15.0 Å².